The van der Waals surface area contributed by atoms with Crippen LogP contribution in [-0.4, -0.2) is 19.5 Å². The molecule has 0 saturated carbocycles. The van der Waals surface area contributed by atoms with E-state index in [2.05, 4.69) is 144 Å². The van der Waals surface area contributed by atoms with Crippen LogP contribution < -0.4 is 0 Å². The van der Waals surface area contributed by atoms with Gasteiger partial charge in [-0.15, -0.1) is 0 Å². The Hall–Kier alpha value is -7.37. The lowest BCUT2D eigenvalue weighted by Gasteiger charge is -2.24. The molecule has 5 heteroatoms. The molecule has 3 heterocycles. The van der Waals surface area contributed by atoms with E-state index in [1.54, 1.807) is 0 Å². The summed E-state index contributed by atoms with van der Waals surface area (Å²) in [5.74, 6) is 2.01. The Morgan fingerprint density at radius 2 is 1.07 bits per heavy atom. The van der Waals surface area contributed by atoms with E-state index in [0.29, 0.717) is 17.5 Å². The predicted octanol–water partition coefficient (Wildman–Crippen LogP) is 13.1. The van der Waals surface area contributed by atoms with Crippen molar-refractivity contribution in [2.75, 3.05) is 0 Å². The fraction of sp³-hybridized carbons (Fsp3) is 0.0392. The van der Waals surface area contributed by atoms with Gasteiger partial charge >= 0.3 is 0 Å². The molecule has 10 aromatic rings. The van der Waals surface area contributed by atoms with Crippen molar-refractivity contribution in [2.45, 2.75) is 12.3 Å². The van der Waals surface area contributed by atoms with Gasteiger partial charge in [-0.25, -0.2) is 15.0 Å². The number of hydrogen-bond acceptors (Lipinski definition) is 4. The highest BCUT2D eigenvalue weighted by molar-refractivity contribution is 6.17. The first kappa shape index (κ1) is 32.1. The SMILES string of the molecule is C1=CCC(c2cc(-c3nc(-c4ccccc4)nc(-c4ccccc4)n3)cc(-c3ccccc3)c2-n2c3ccccc3c3cc4c(cc32)oc2ccccc24)C=C1. The second-order valence-electron chi connectivity index (χ2n) is 14.3. The van der Waals surface area contributed by atoms with Crippen LogP contribution in [0.15, 0.2) is 193 Å². The smallest absolute Gasteiger partial charge is 0.164 e. The van der Waals surface area contributed by atoms with E-state index >= 15 is 0 Å². The van der Waals surface area contributed by atoms with Crippen LogP contribution in [0.2, 0.25) is 0 Å². The van der Waals surface area contributed by atoms with Crippen LogP contribution in [0.4, 0.5) is 0 Å². The van der Waals surface area contributed by atoms with Crippen molar-refractivity contribution < 1.29 is 4.42 Å². The van der Waals surface area contributed by atoms with Gasteiger partial charge in [0, 0.05) is 55.8 Å². The molecule has 56 heavy (non-hydrogen) atoms. The lowest BCUT2D eigenvalue weighted by atomic mass is 9.86. The molecular formula is C51H34N4O. The van der Waals surface area contributed by atoms with Gasteiger partial charge in [0.05, 0.1) is 16.7 Å². The van der Waals surface area contributed by atoms with Gasteiger partial charge in [-0.1, -0.05) is 152 Å². The molecule has 3 aromatic heterocycles. The second-order valence-corrected chi connectivity index (χ2v) is 14.3. The number of furan rings is 1. The van der Waals surface area contributed by atoms with Gasteiger partial charge < -0.3 is 8.98 Å². The fourth-order valence-corrected chi connectivity index (χ4v) is 8.33. The number of fused-ring (bicyclic) bond motifs is 6. The minimum absolute atomic E-state index is 0.104. The summed E-state index contributed by atoms with van der Waals surface area (Å²) < 4.78 is 8.99. The predicted molar refractivity (Wildman–Crippen MR) is 229 cm³/mol. The quantitative estimate of drug-likeness (QED) is 0.172. The topological polar surface area (TPSA) is 56.7 Å². The van der Waals surface area contributed by atoms with Gasteiger partial charge in [0.25, 0.3) is 0 Å². The molecule has 1 aliphatic rings. The Labute approximate surface area is 323 Å². The van der Waals surface area contributed by atoms with Crippen molar-refractivity contribution in [3.8, 4) is 51.0 Å². The third-order valence-corrected chi connectivity index (χ3v) is 11.0. The molecule has 0 aliphatic heterocycles. The molecule has 5 nitrogen and oxygen atoms in total. The first-order valence-electron chi connectivity index (χ1n) is 19.1. The fourth-order valence-electron chi connectivity index (χ4n) is 8.33. The molecule has 0 N–H and O–H groups in total. The van der Waals surface area contributed by atoms with Crippen LogP contribution in [-0.2, 0) is 0 Å². The molecule has 11 rings (SSSR count). The van der Waals surface area contributed by atoms with Crippen molar-refractivity contribution in [1.29, 1.82) is 0 Å². The van der Waals surface area contributed by atoms with Crippen molar-refractivity contribution in [1.82, 2.24) is 19.5 Å². The van der Waals surface area contributed by atoms with Gasteiger partial charge in [0.15, 0.2) is 17.5 Å². The van der Waals surface area contributed by atoms with Crippen molar-refractivity contribution in [3.63, 3.8) is 0 Å². The molecule has 0 amide bonds. The molecule has 0 spiro atoms. The number of allylic oxidation sites excluding steroid dienone is 4. The highest BCUT2D eigenvalue weighted by Gasteiger charge is 2.26. The number of nitrogens with zero attached hydrogens (tertiary/aromatic N) is 4. The molecule has 1 unspecified atom stereocenters. The summed E-state index contributed by atoms with van der Waals surface area (Å²) in [6.07, 6.45) is 9.76. The highest BCUT2D eigenvalue weighted by Crippen LogP contribution is 2.45. The second kappa shape index (κ2) is 13.2. The average Bonchev–Trinajstić information content (AvgIpc) is 3.80. The highest BCUT2D eigenvalue weighted by atomic mass is 16.3. The first-order valence-corrected chi connectivity index (χ1v) is 19.1. The molecule has 0 fully saturated rings. The normalized spacial score (nSPS) is 14.0. The van der Waals surface area contributed by atoms with Gasteiger partial charge in [-0.3, -0.25) is 0 Å². The van der Waals surface area contributed by atoms with Crippen LogP contribution in [0.5, 0.6) is 0 Å². The number of para-hydroxylation sites is 2. The van der Waals surface area contributed by atoms with E-state index in [9.17, 15) is 0 Å². The Morgan fingerprint density at radius 1 is 0.464 bits per heavy atom. The van der Waals surface area contributed by atoms with E-state index in [1.165, 1.54) is 16.3 Å². The maximum atomic E-state index is 6.53. The molecule has 264 valence electrons. The average molecular weight is 719 g/mol. The zero-order valence-corrected chi connectivity index (χ0v) is 30.4. The van der Waals surface area contributed by atoms with Gasteiger partial charge in [0.2, 0.25) is 0 Å². The number of aromatic nitrogens is 4. The van der Waals surface area contributed by atoms with Gasteiger partial charge in [-0.2, -0.15) is 0 Å². The van der Waals surface area contributed by atoms with Crippen LogP contribution in [0.25, 0.3) is 94.7 Å². The largest absolute Gasteiger partial charge is 0.456 e. The summed E-state index contributed by atoms with van der Waals surface area (Å²) in [6, 6.07) is 57.2. The molecule has 1 aliphatic carbocycles. The lowest BCUT2D eigenvalue weighted by Crippen LogP contribution is -2.08. The summed E-state index contributed by atoms with van der Waals surface area (Å²) >= 11 is 0. The zero-order chi connectivity index (χ0) is 37.0. The summed E-state index contributed by atoms with van der Waals surface area (Å²) in [5, 5.41) is 4.62. The van der Waals surface area contributed by atoms with E-state index in [0.717, 1.165) is 72.9 Å². The monoisotopic (exact) mass is 718 g/mol. The summed E-state index contributed by atoms with van der Waals surface area (Å²) in [6.45, 7) is 0. The Balaban J connectivity index is 1.25. The minimum atomic E-state index is 0.104. The first-order chi connectivity index (χ1) is 27.8. The molecule has 0 radical (unpaired) electrons. The van der Waals surface area contributed by atoms with Gasteiger partial charge in [-0.05, 0) is 47.9 Å². The van der Waals surface area contributed by atoms with Crippen molar-refractivity contribution in [3.05, 3.63) is 194 Å². The summed E-state index contributed by atoms with van der Waals surface area (Å²) in [7, 11) is 0. The lowest BCUT2D eigenvalue weighted by molar-refractivity contribution is 0.669. The third-order valence-electron chi connectivity index (χ3n) is 11.0. The van der Waals surface area contributed by atoms with E-state index in [1.807, 2.05) is 48.5 Å². The number of benzene rings is 7. The van der Waals surface area contributed by atoms with E-state index < -0.39 is 0 Å². The number of hydrogen-bond donors (Lipinski definition) is 0. The molecule has 0 bridgehead atoms. The maximum absolute atomic E-state index is 6.53. The van der Waals surface area contributed by atoms with Gasteiger partial charge in [0.1, 0.15) is 11.2 Å². The zero-order valence-electron chi connectivity index (χ0n) is 30.4. The standard InChI is InChI=1S/C51H34N4O/c1-5-17-33(18-6-1)40-29-37(51-53-49(35-21-9-3-10-22-35)52-50(54-51)36-23-11-4-12-24-36)30-41(34-19-7-2-8-20-34)48(40)55-44-27-15-13-25-38(44)42-31-43-39-26-14-16-28-46(39)56-47(43)32-45(42)55/h1-19,21-32,34H,20H2. The molecular weight excluding hydrogens is 685 g/mol. The van der Waals surface area contributed by atoms with Crippen LogP contribution in [0, 0.1) is 0 Å². The summed E-state index contributed by atoms with van der Waals surface area (Å²) in [5.41, 5.74) is 11.3. The minimum Gasteiger partial charge on any atom is -0.456 e. The third kappa shape index (κ3) is 5.36. The van der Waals surface area contributed by atoms with Crippen molar-refractivity contribution >= 4 is 43.7 Å². The Morgan fingerprint density at radius 3 is 1.75 bits per heavy atom. The molecule has 7 aromatic carbocycles. The van der Waals surface area contributed by atoms with E-state index in [-0.39, 0.29) is 5.92 Å². The van der Waals surface area contributed by atoms with Crippen LogP contribution in [0.3, 0.4) is 0 Å². The Bertz CT molecular complexity index is 3100. The van der Waals surface area contributed by atoms with Crippen LogP contribution >= 0.6 is 0 Å². The number of rotatable bonds is 6. The van der Waals surface area contributed by atoms with Crippen LogP contribution in [0.1, 0.15) is 17.9 Å². The summed E-state index contributed by atoms with van der Waals surface area (Å²) in [4.78, 5) is 15.4. The molecule has 1 atom stereocenters. The van der Waals surface area contributed by atoms with E-state index in [4.69, 9.17) is 19.4 Å². The maximum Gasteiger partial charge on any atom is 0.164 e. The van der Waals surface area contributed by atoms with Crippen molar-refractivity contribution in [2.24, 2.45) is 0 Å². The molecule has 0 saturated heterocycles. The Kier molecular flexibility index (Phi) is 7.56.